The van der Waals surface area contributed by atoms with Crippen LogP contribution in [0.25, 0.3) is 0 Å². The molecule has 2 N–H and O–H groups in total. The molecule has 6 nitrogen and oxygen atoms in total. The zero-order chi connectivity index (χ0) is 18.0. The van der Waals surface area contributed by atoms with Crippen LogP contribution in [-0.4, -0.2) is 39.6 Å². The number of allylic oxidation sites excluding steroid dienone is 1. The third-order valence-corrected chi connectivity index (χ3v) is 5.85. The predicted octanol–water partition coefficient (Wildman–Crippen LogP) is 2.05. The van der Waals surface area contributed by atoms with Gasteiger partial charge in [-0.1, -0.05) is 12.2 Å². The summed E-state index contributed by atoms with van der Waals surface area (Å²) in [6, 6.07) is 3.51. The molecular weight excluding hydrogens is 324 g/mol. The number of carbonyl (C=O) groups is 1. The van der Waals surface area contributed by atoms with Gasteiger partial charge in [-0.3, -0.25) is 0 Å². The first-order valence-electron chi connectivity index (χ1n) is 8.76. The Morgan fingerprint density at radius 1 is 1.40 bits per heavy atom. The molecule has 4 bridgehead atoms. The molecular formula is C19H24O6. The molecule has 1 aromatic heterocycles. The number of carbonyl (C=O) groups excluding carboxylic acids is 1. The summed E-state index contributed by atoms with van der Waals surface area (Å²) in [7, 11) is 0. The van der Waals surface area contributed by atoms with Crippen molar-refractivity contribution in [3.63, 3.8) is 0 Å². The van der Waals surface area contributed by atoms with Gasteiger partial charge < -0.3 is 24.1 Å². The van der Waals surface area contributed by atoms with Gasteiger partial charge in [0.1, 0.15) is 29.8 Å². The summed E-state index contributed by atoms with van der Waals surface area (Å²) in [6.07, 6.45) is -0.106. The molecule has 2 fully saturated rings. The number of fused-ring (bicyclic) bond motifs is 2. The summed E-state index contributed by atoms with van der Waals surface area (Å²) < 4.78 is 17.0. The van der Waals surface area contributed by atoms with E-state index in [1.165, 1.54) is 6.92 Å². The van der Waals surface area contributed by atoms with Crippen molar-refractivity contribution >= 4 is 5.97 Å². The van der Waals surface area contributed by atoms with Crippen molar-refractivity contribution in [3.05, 3.63) is 35.8 Å². The van der Waals surface area contributed by atoms with Gasteiger partial charge in [-0.05, 0) is 44.7 Å². The number of hydrogen-bond donors (Lipinski definition) is 2. The fourth-order valence-corrected chi connectivity index (χ4v) is 4.11. The zero-order valence-electron chi connectivity index (χ0n) is 14.5. The molecule has 25 heavy (non-hydrogen) atoms. The van der Waals surface area contributed by atoms with Crippen LogP contribution in [0.5, 0.6) is 0 Å². The van der Waals surface area contributed by atoms with Gasteiger partial charge in [-0.25, -0.2) is 4.79 Å². The third kappa shape index (κ3) is 2.63. The molecule has 3 aliphatic heterocycles. The van der Waals surface area contributed by atoms with Gasteiger partial charge >= 0.3 is 5.97 Å². The second kappa shape index (κ2) is 5.43. The molecule has 0 aromatic carbocycles. The average Bonchev–Trinajstić information content (AvgIpc) is 3.00. The Hall–Kier alpha value is -1.63. The Labute approximate surface area is 146 Å². The highest BCUT2D eigenvalue weighted by atomic mass is 16.7. The highest BCUT2D eigenvalue weighted by molar-refractivity contribution is 5.86. The maximum absolute atomic E-state index is 12.3. The largest absolute Gasteiger partial charge is 0.463 e. The highest BCUT2D eigenvalue weighted by Crippen LogP contribution is 2.53. The number of rotatable bonds is 1. The van der Waals surface area contributed by atoms with Crippen LogP contribution >= 0.6 is 0 Å². The molecule has 0 radical (unpaired) electrons. The minimum atomic E-state index is -1.50. The van der Waals surface area contributed by atoms with Crippen LogP contribution in [0.2, 0.25) is 0 Å². The maximum Gasteiger partial charge on any atom is 0.341 e. The zero-order valence-corrected chi connectivity index (χ0v) is 14.5. The van der Waals surface area contributed by atoms with Crippen LogP contribution in [-0.2, 0) is 20.7 Å². The molecule has 4 rings (SSSR count). The van der Waals surface area contributed by atoms with E-state index < -0.39 is 23.4 Å². The van der Waals surface area contributed by atoms with E-state index in [0.717, 1.165) is 17.8 Å². The molecule has 136 valence electrons. The Balaban J connectivity index is 1.69. The molecule has 6 heteroatoms. The number of ether oxygens (including phenoxy) is 2. The number of hydrogen-bond acceptors (Lipinski definition) is 6. The quantitative estimate of drug-likeness (QED) is 0.458. The van der Waals surface area contributed by atoms with Crippen LogP contribution < -0.4 is 0 Å². The number of aliphatic hydroxyl groups is 2. The second-order valence-electron chi connectivity index (χ2n) is 7.93. The third-order valence-electron chi connectivity index (χ3n) is 5.85. The second-order valence-corrected chi connectivity index (χ2v) is 7.93. The van der Waals surface area contributed by atoms with E-state index in [1.54, 1.807) is 6.07 Å². The van der Waals surface area contributed by atoms with Gasteiger partial charge in [0.05, 0.1) is 5.60 Å². The van der Waals surface area contributed by atoms with Gasteiger partial charge in [-0.2, -0.15) is 0 Å². The van der Waals surface area contributed by atoms with Crippen LogP contribution in [0.1, 0.15) is 50.7 Å². The Morgan fingerprint density at radius 2 is 2.16 bits per heavy atom. The van der Waals surface area contributed by atoms with Gasteiger partial charge in [0, 0.05) is 12.8 Å². The predicted molar refractivity (Wildman–Crippen MR) is 87.6 cm³/mol. The fraction of sp³-hybridized carbons (Fsp3) is 0.632. The number of aliphatic hydroxyl groups excluding tert-OH is 1. The molecule has 0 amide bonds. The lowest BCUT2D eigenvalue weighted by atomic mass is 9.85. The molecule has 2 saturated heterocycles. The van der Waals surface area contributed by atoms with Crippen molar-refractivity contribution in [3.8, 4) is 0 Å². The molecule has 3 aliphatic rings. The molecule has 6 atom stereocenters. The lowest BCUT2D eigenvalue weighted by Gasteiger charge is -2.30. The summed E-state index contributed by atoms with van der Waals surface area (Å²) in [4.78, 5) is 12.3. The lowest BCUT2D eigenvalue weighted by Crippen LogP contribution is -2.38. The minimum absolute atomic E-state index is 0.0896. The van der Waals surface area contributed by atoms with Gasteiger partial charge in [0.15, 0.2) is 5.60 Å². The summed E-state index contributed by atoms with van der Waals surface area (Å²) in [6.45, 7) is 7.54. The van der Waals surface area contributed by atoms with E-state index in [0.29, 0.717) is 18.6 Å². The van der Waals surface area contributed by atoms with Crippen LogP contribution in [0.4, 0.5) is 0 Å². The number of epoxide rings is 1. The number of furan rings is 1. The van der Waals surface area contributed by atoms with Crippen LogP contribution in [0.3, 0.4) is 0 Å². The standard InChI is InChI=1S/C19H24O6/c1-10(2)11-6-7-19-16(25-19)14(24-17(19)21)9-18(3,22)15(20)13-5-4-12(8-11)23-13/h4-5,11,14-16,20,22H,1,6-9H2,2-3H3/t11-,14+,15+,16+,18-,19+/m1/s1. The minimum Gasteiger partial charge on any atom is -0.463 e. The molecule has 0 unspecified atom stereocenters. The smallest absolute Gasteiger partial charge is 0.341 e. The first kappa shape index (κ1) is 16.8. The molecule has 0 spiro atoms. The van der Waals surface area contributed by atoms with Gasteiger partial charge in [0.2, 0.25) is 0 Å². The van der Waals surface area contributed by atoms with E-state index in [2.05, 4.69) is 6.58 Å². The van der Waals surface area contributed by atoms with E-state index in [9.17, 15) is 15.0 Å². The van der Waals surface area contributed by atoms with Crippen LogP contribution in [0, 0.1) is 5.92 Å². The average molecular weight is 348 g/mol. The van der Waals surface area contributed by atoms with E-state index in [4.69, 9.17) is 13.9 Å². The van der Waals surface area contributed by atoms with Crippen molar-refractivity contribution in [2.45, 2.75) is 69.0 Å². The topological polar surface area (TPSA) is 92.4 Å². The summed E-state index contributed by atoms with van der Waals surface area (Å²) in [5.41, 5.74) is -1.37. The first-order valence-corrected chi connectivity index (χ1v) is 8.76. The van der Waals surface area contributed by atoms with E-state index >= 15 is 0 Å². The normalized spacial score (nSPS) is 43.3. The SMILES string of the molecule is C=C(C)[C@@H]1CC[C@]23O[C@H]2[C@H](C[C@@](C)(O)[C@@H](O)c2ccc(o2)C1)OC3=O. The Morgan fingerprint density at radius 3 is 2.84 bits per heavy atom. The monoisotopic (exact) mass is 348 g/mol. The Kier molecular flexibility index (Phi) is 3.65. The molecule has 0 aliphatic carbocycles. The van der Waals surface area contributed by atoms with Crippen molar-refractivity contribution in [2.75, 3.05) is 0 Å². The van der Waals surface area contributed by atoms with Crippen molar-refractivity contribution < 1.29 is 28.9 Å². The van der Waals surface area contributed by atoms with Gasteiger partial charge in [0.25, 0.3) is 0 Å². The molecule has 1 aromatic rings. The Bertz CT molecular complexity index is 719. The van der Waals surface area contributed by atoms with Crippen molar-refractivity contribution in [2.24, 2.45) is 5.92 Å². The lowest BCUT2D eigenvalue weighted by molar-refractivity contribution is -0.160. The molecule has 0 saturated carbocycles. The fourth-order valence-electron chi connectivity index (χ4n) is 4.11. The summed E-state index contributed by atoms with van der Waals surface area (Å²) in [5.74, 6) is 0.828. The maximum atomic E-state index is 12.3. The number of esters is 1. The van der Waals surface area contributed by atoms with E-state index in [1.807, 2.05) is 13.0 Å². The summed E-state index contributed by atoms with van der Waals surface area (Å²) in [5, 5.41) is 21.3. The van der Waals surface area contributed by atoms with Crippen LogP contribution in [0.15, 0.2) is 28.7 Å². The van der Waals surface area contributed by atoms with E-state index in [-0.39, 0.29) is 24.4 Å². The van der Waals surface area contributed by atoms with Gasteiger partial charge in [-0.15, -0.1) is 0 Å². The summed E-state index contributed by atoms with van der Waals surface area (Å²) >= 11 is 0. The molecule has 4 heterocycles. The van der Waals surface area contributed by atoms with Crippen molar-refractivity contribution in [1.82, 2.24) is 0 Å². The van der Waals surface area contributed by atoms with Crippen molar-refractivity contribution in [1.29, 1.82) is 0 Å². The highest BCUT2D eigenvalue weighted by Gasteiger charge is 2.73. The first-order chi connectivity index (χ1) is 11.7.